The predicted octanol–water partition coefficient (Wildman–Crippen LogP) is 3.38. The van der Waals surface area contributed by atoms with E-state index in [-0.39, 0.29) is 11.9 Å². The molecule has 2 aromatic heterocycles. The van der Waals surface area contributed by atoms with Crippen molar-refractivity contribution in [3.8, 4) is 5.75 Å². The van der Waals surface area contributed by atoms with Crippen LogP contribution in [0.5, 0.6) is 5.75 Å². The number of furan rings is 2. The van der Waals surface area contributed by atoms with Gasteiger partial charge in [-0.25, -0.2) is 0 Å². The number of nitrogens with one attached hydrogen (secondary N) is 1. The van der Waals surface area contributed by atoms with Crippen LogP contribution in [0.15, 0.2) is 45.4 Å². The number of carbonyl (C=O) groups excluding carboxylic acids is 1. The second-order valence-electron chi connectivity index (χ2n) is 6.12. The highest BCUT2D eigenvalue weighted by Gasteiger charge is 2.22. The van der Waals surface area contributed by atoms with Crippen molar-refractivity contribution in [2.45, 2.75) is 13.0 Å². The average Bonchev–Trinajstić information content (AvgIpc) is 3.23. The second-order valence-corrected chi connectivity index (χ2v) is 6.12. The fourth-order valence-corrected chi connectivity index (χ4v) is 2.83. The summed E-state index contributed by atoms with van der Waals surface area (Å²) in [5, 5.41) is 3.81. The maximum Gasteiger partial charge on any atom is 0.287 e. The maximum absolute atomic E-state index is 12.6. The van der Waals surface area contributed by atoms with Gasteiger partial charge >= 0.3 is 0 Å². The number of nitrogens with zero attached hydrogens (tertiary/aromatic N) is 1. The molecule has 1 atom stereocenters. The van der Waals surface area contributed by atoms with Crippen molar-refractivity contribution in [2.75, 3.05) is 27.7 Å². The van der Waals surface area contributed by atoms with Crippen molar-refractivity contribution in [3.63, 3.8) is 0 Å². The molecule has 0 spiro atoms. The summed E-state index contributed by atoms with van der Waals surface area (Å²) in [6, 6.07) is 9.18. The van der Waals surface area contributed by atoms with Gasteiger partial charge in [-0.1, -0.05) is 0 Å². The van der Waals surface area contributed by atoms with Crippen molar-refractivity contribution < 1.29 is 18.4 Å². The minimum Gasteiger partial charge on any atom is -0.497 e. The first-order valence-corrected chi connectivity index (χ1v) is 8.06. The summed E-state index contributed by atoms with van der Waals surface area (Å²) in [7, 11) is 5.50. The van der Waals surface area contributed by atoms with E-state index < -0.39 is 0 Å². The van der Waals surface area contributed by atoms with Gasteiger partial charge in [-0.15, -0.1) is 0 Å². The first kappa shape index (κ1) is 17.1. The van der Waals surface area contributed by atoms with Gasteiger partial charge in [-0.3, -0.25) is 9.69 Å². The number of aryl methyl sites for hydroxylation is 1. The standard InChI is InChI=1S/C19H22N2O4/c1-12-14-10-13(23-4)7-8-16(14)25-18(12)19(22)20-11-15(21(2)3)17-6-5-9-24-17/h5-10,15H,11H2,1-4H3,(H,20,22)/t15-/m1/s1. The topological polar surface area (TPSA) is 67.8 Å². The molecule has 6 nitrogen and oxygen atoms in total. The second kappa shape index (κ2) is 7.03. The van der Waals surface area contributed by atoms with Crippen molar-refractivity contribution >= 4 is 16.9 Å². The number of methoxy groups -OCH3 is 1. The molecule has 0 saturated heterocycles. The van der Waals surface area contributed by atoms with E-state index in [1.807, 2.05) is 56.3 Å². The van der Waals surface area contributed by atoms with Crippen LogP contribution in [0.3, 0.4) is 0 Å². The zero-order valence-electron chi connectivity index (χ0n) is 14.8. The molecule has 0 radical (unpaired) electrons. The van der Waals surface area contributed by atoms with Gasteiger partial charge in [0.15, 0.2) is 5.76 Å². The molecular formula is C19H22N2O4. The summed E-state index contributed by atoms with van der Waals surface area (Å²) in [4.78, 5) is 14.6. The molecule has 0 saturated carbocycles. The molecule has 6 heteroatoms. The van der Waals surface area contributed by atoms with Gasteiger partial charge in [0.05, 0.1) is 19.4 Å². The molecule has 1 amide bonds. The molecule has 0 fully saturated rings. The Labute approximate surface area is 146 Å². The van der Waals surface area contributed by atoms with Gasteiger partial charge in [0.25, 0.3) is 5.91 Å². The van der Waals surface area contributed by atoms with Gasteiger partial charge in [0.1, 0.15) is 17.1 Å². The average molecular weight is 342 g/mol. The van der Waals surface area contributed by atoms with E-state index in [1.54, 1.807) is 13.4 Å². The Bertz CT molecular complexity index is 865. The first-order valence-electron chi connectivity index (χ1n) is 8.06. The van der Waals surface area contributed by atoms with Crippen molar-refractivity contribution in [1.82, 2.24) is 10.2 Å². The summed E-state index contributed by atoms with van der Waals surface area (Å²) >= 11 is 0. The zero-order chi connectivity index (χ0) is 18.0. The van der Waals surface area contributed by atoms with Gasteiger partial charge in [0, 0.05) is 17.5 Å². The van der Waals surface area contributed by atoms with E-state index in [4.69, 9.17) is 13.6 Å². The van der Waals surface area contributed by atoms with Crippen LogP contribution < -0.4 is 10.1 Å². The lowest BCUT2D eigenvalue weighted by atomic mass is 10.1. The third-order valence-electron chi connectivity index (χ3n) is 4.30. The first-order chi connectivity index (χ1) is 12.0. The molecule has 25 heavy (non-hydrogen) atoms. The van der Waals surface area contributed by atoms with Gasteiger partial charge in [0.2, 0.25) is 0 Å². The molecule has 0 aliphatic heterocycles. The number of likely N-dealkylation sites (N-methyl/N-ethyl adjacent to an activating group) is 1. The van der Waals surface area contributed by atoms with Crippen LogP contribution in [-0.2, 0) is 0 Å². The highest BCUT2D eigenvalue weighted by atomic mass is 16.5. The summed E-state index contributed by atoms with van der Waals surface area (Å²) in [6.45, 7) is 2.29. The number of hydrogen-bond acceptors (Lipinski definition) is 5. The minimum absolute atomic E-state index is 0.0521. The molecular weight excluding hydrogens is 320 g/mol. The number of benzene rings is 1. The van der Waals surface area contributed by atoms with E-state index in [2.05, 4.69) is 5.32 Å². The smallest absolute Gasteiger partial charge is 0.287 e. The molecule has 2 heterocycles. The minimum atomic E-state index is -0.244. The lowest BCUT2D eigenvalue weighted by molar-refractivity contribution is 0.0912. The Morgan fingerprint density at radius 1 is 1.32 bits per heavy atom. The molecule has 0 unspecified atom stereocenters. The van der Waals surface area contributed by atoms with E-state index in [1.165, 1.54) is 0 Å². The molecule has 0 bridgehead atoms. The predicted molar refractivity (Wildman–Crippen MR) is 95.0 cm³/mol. The van der Waals surface area contributed by atoms with Gasteiger partial charge in [-0.2, -0.15) is 0 Å². The lowest BCUT2D eigenvalue weighted by Crippen LogP contribution is -2.34. The maximum atomic E-state index is 12.6. The van der Waals surface area contributed by atoms with Crippen molar-refractivity contribution in [3.05, 3.63) is 53.7 Å². The summed E-state index contributed by atoms with van der Waals surface area (Å²) in [6.07, 6.45) is 1.63. The number of fused-ring (bicyclic) bond motifs is 1. The zero-order valence-corrected chi connectivity index (χ0v) is 14.8. The van der Waals surface area contributed by atoms with Crippen molar-refractivity contribution in [2.24, 2.45) is 0 Å². The monoisotopic (exact) mass is 342 g/mol. The van der Waals surface area contributed by atoms with E-state index in [0.717, 1.165) is 22.5 Å². The number of carbonyl (C=O) groups is 1. The third kappa shape index (κ3) is 3.39. The number of rotatable bonds is 6. The normalized spacial score (nSPS) is 12.5. The molecule has 1 N–H and O–H groups in total. The van der Waals surface area contributed by atoms with E-state index in [9.17, 15) is 4.79 Å². The lowest BCUT2D eigenvalue weighted by Gasteiger charge is -2.22. The quantitative estimate of drug-likeness (QED) is 0.744. The highest BCUT2D eigenvalue weighted by Crippen LogP contribution is 2.29. The fraction of sp³-hybridized carbons (Fsp3) is 0.316. The molecule has 3 rings (SSSR count). The molecule has 1 aromatic carbocycles. The van der Waals surface area contributed by atoms with Crippen LogP contribution in [0.2, 0.25) is 0 Å². The van der Waals surface area contributed by atoms with Crippen LogP contribution in [-0.4, -0.2) is 38.6 Å². The molecule has 0 aliphatic rings. The number of ether oxygens (including phenoxy) is 1. The van der Waals surface area contributed by atoms with E-state index in [0.29, 0.717) is 17.9 Å². The third-order valence-corrected chi connectivity index (χ3v) is 4.30. The fourth-order valence-electron chi connectivity index (χ4n) is 2.83. The van der Waals surface area contributed by atoms with Crippen LogP contribution in [0.1, 0.15) is 27.9 Å². The summed E-state index contributed by atoms with van der Waals surface area (Å²) in [5.74, 6) is 1.61. The largest absolute Gasteiger partial charge is 0.497 e. The van der Waals surface area contributed by atoms with Gasteiger partial charge < -0.3 is 18.9 Å². The summed E-state index contributed by atoms with van der Waals surface area (Å²) in [5.41, 5.74) is 1.46. The Hall–Kier alpha value is -2.73. The number of hydrogen-bond donors (Lipinski definition) is 1. The van der Waals surface area contributed by atoms with Crippen LogP contribution in [0, 0.1) is 6.92 Å². The van der Waals surface area contributed by atoms with Crippen LogP contribution in [0.4, 0.5) is 0 Å². The Kier molecular flexibility index (Phi) is 4.81. The van der Waals surface area contributed by atoms with E-state index >= 15 is 0 Å². The van der Waals surface area contributed by atoms with Gasteiger partial charge in [-0.05, 0) is 51.4 Å². The van der Waals surface area contributed by atoms with Crippen LogP contribution >= 0.6 is 0 Å². The Balaban J connectivity index is 1.79. The molecule has 3 aromatic rings. The molecule has 0 aliphatic carbocycles. The van der Waals surface area contributed by atoms with Crippen molar-refractivity contribution in [1.29, 1.82) is 0 Å². The SMILES string of the molecule is COc1ccc2oc(C(=O)NC[C@H](c3ccco3)N(C)C)c(C)c2c1. The highest BCUT2D eigenvalue weighted by molar-refractivity contribution is 5.99. The number of amides is 1. The summed E-state index contributed by atoms with van der Waals surface area (Å²) < 4.78 is 16.4. The van der Waals surface area contributed by atoms with Crippen LogP contribution in [0.25, 0.3) is 11.0 Å². The Morgan fingerprint density at radius 2 is 2.12 bits per heavy atom. The molecule has 132 valence electrons. The Morgan fingerprint density at radius 3 is 2.76 bits per heavy atom.